The lowest BCUT2D eigenvalue weighted by atomic mass is 9.77. The van der Waals surface area contributed by atoms with Gasteiger partial charge in [0.15, 0.2) is 5.78 Å². The van der Waals surface area contributed by atoms with Gasteiger partial charge in [0.2, 0.25) is 11.8 Å². The third kappa shape index (κ3) is 14.0. The lowest BCUT2D eigenvalue weighted by molar-refractivity contribution is -0.119. The van der Waals surface area contributed by atoms with Crippen LogP contribution in [0.25, 0.3) is 0 Å². The largest absolute Gasteiger partial charge is 0.370 e. The quantitative estimate of drug-likeness (QED) is 0.630. The Bertz CT molecular complexity index is 434. The summed E-state index contributed by atoms with van der Waals surface area (Å²) in [5.41, 5.74) is 11.4. The summed E-state index contributed by atoms with van der Waals surface area (Å²) in [4.78, 5) is 31.8. The van der Waals surface area contributed by atoms with E-state index < -0.39 is 0 Å². The van der Waals surface area contributed by atoms with Crippen LogP contribution in [0.15, 0.2) is 11.6 Å². The van der Waals surface area contributed by atoms with Crippen LogP contribution in [0.2, 0.25) is 0 Å². The van der Waals surface area contributed by atoms with Crippen LogP contribution >= 0.6 is 0 Å². The molecule has 0 unspecified atom stereocenters. The zero-order valence-electron chi connectivity index (χ0n) is 15.5. The van der Waals surface area contributed by atoms with E-state index in [1.807, 2.05) is 6.92 Å². The van der Waals surface area contributed by atoms with Crippen molar-refractivity contribution in [2.75, 3.05) is 0 Å². The Hall–Kier alpha value is -1.65. The van der Waals surface area contributed by atoms with Gasteiger partial charge in [0.1, 0.15) is 0 Å². The number of carbonyl (C=O) groups excluding carboxylic acids is 3. The molecular formula is C19H34N2O3. The number of nitrogens with two attached hydrogens (primary N) is 2. The number of amides is 2. The van der Waals surface area contributed by atoms with Gasteiger partial charge in [0.05, 0.1) is 0 Å². The molecule has 4 N–H and O–H groups in total. The number of hydrogen-bond acceptors (Lipinski definition) is 3. The summed E-state index contributed by atoms with van der Waals surface area (Å²) in [7, 11) is 0. The fourth-order valence-electron chi connectivity index (χ4n) is 2.97. The second kappa shape index (κ2) is 11.8. The fraction of sp³-hybridized carbons (Fsp3) is 0.737. The first-order chi connectivity index (χ1) is 11.1. The molecule has 0 saturated heterocycles. The van der Waals surface area contributed by atoms with Gasteiger partial charge in [0.25, 0.3) is 0 Å². The van der Waals surface area contributed by atoms with Crippen LogP contribution in [0.5, 0.6) is 0 Å². The van der Waals surface area contributed by atoms with Crippen molar-refractivity contribution >= 4 is 17.6 Å². The van der Waals surface area contributed by atoms with E-state index >= 15 is 0 Å². The Balaban J connectivity index is 0.000000463. The molecule has 0 heterocycles. The van der Waals surface area contributed by atoms with Crippen molar-refractivity contribution in [1.29, 1.82) is 0 Å². The highest BCUT2D eigenvalue weighted by atomic mass is 16.1. The molecule has 0 aromatic rings. The Morgan fingerprint density at radius 1 is 0.917 bits per heavy atom. The van der Waals surface area contributed by atoms with E-state index in [4.69, 9.17) is 11.5 Å². The van der Waals surface area contributed by atoms with Gasteiger partial charge in [-0.05, 0) is 37.7 Å². The predicted molar refractivity (Wildman–Crippen MR) is 97.1 cm³/mol. The number of allylic oxidation sites excluding steroid dienone is 2. The molecule has 1 rings (SSSR count). The van der Waals surface area contributed by atoms with Crippen molar-refractivity contribution in [3.8, 4) is 0 Å². The third-order valence-corrected chi connectivity index (χ3v) is 3.91. The lowest BCUT2D eigenvalue weighted by Crippen LogP contribution is -2.20. The van der Waals surface area contributed by atoms with Gasteiger partial charge in [-0.15, -0.1) is 0 Å². The van der Waals surface area contributed by atoms with E-state index in [0.29, 0.717) is 19.3 Å². The topological polar surface area (TPSA) is 103 Å². The van der Waals surface area contributed by atoms with Crippen molar-refractivity contribution in [3.05, 3.63) is 11.6 Å². The molecule has 5 nitrogen and oxygen atoms in total. The minimum absolute atomic E-state index is 0.204. The second-order valence-corrected chi connectivity index (χ2v) is 7.53. The maximum Gasteiger partial charge on any atom is 0.217 e. The van der Waals surface area contributed by atoms with E-state index in [0.717, 1.165) is 44.9 Å². The normalized spacial score (nSPS) is 16.0. The highest BCUT2D eigenvalue weighted by molar-refractivity contribution is 5.91. The van der Waals surface area contributed by atoms with Crippen LogP contribution in [0.4, 0.5) is 0 Å². The zero-order valence-corrected chi connectivity index (χ0v) is 15.5. The molecule has 0 radical (unpaired) electrons. The molecule has 0 aliphatic heterocycles. The second-order valence-electron chi connectivity index (χ2n) is 7.53. The molecule has 0 aromatic heterocycles. The number of unbranched alkanes of at least 4 members (excludes halogenated alkanes) is 5. The summed E-state index contributed by atoms with van der Waals surface area (Å²) >= 11 is 0. The molecule has 1 aliphatic carbocycles. The molecule has 2 amide bonds. The summed E-state index contributed by atoms with van der Waals surface area (Å²) in [5.74, 6) is -0.161. The van der Waals surface area contributed by atoms with Crippen molar-refractivity contribution in [3.63, 3.8) is 0 Å². The minimum Gasteiger partial charge on any atom is -0.370 e. The van der Waals surface area contributed by atoms with E-state index in [-0.39, 0.29) is 23.0 Å². The van der Waals surface area contributed by atoms with Crippen molar-refractivity contribution in [2.45, 2.75) is 85.0 Å². The zero-order chi connectivity index (χ0) is 18.6. The van der Waals surface area contributed by atoms with Crippen LogP contribution < -0.4 is 11.5 Å². The summed E-state index contributed by atoms with van der Waals surface area (Å²) < 4.78 is 0. The molecule has 0 saturated carbocycles. The number of ketones is 1. The smallest absolute Gasteiger partial charge is 0.217 e. The highest BCUT2D eigenvalue weighted by Gasteiger charge is 2.25. The third-order valence-electron chi connectivity index (χ3n) is 3.91. The monoisotopic (exact) mass is 338 g/mol. The maximum absolute atomic E-state index is 11.0. The minimum atomic E-state index is -0.223. The first kappa shape index (κ1) is 22.4. The molecule has 5 heteroatoms. The van der Waals surface area contributed by atoms with Crippen LogP contribution in [0.1, 0.15) is 85.0 Å². The van der Waals surface area contributed by atoms with Crippen LogP contribution in [0, 0.1) is 5.41 Å². The fourth-order valence-corrected chi connectivity index (χ4v) is 2.97. The molecule has 0 spiro atoms. The van der Waals surface area contributed by atoms with E-state index in [2.05, 4.69) is 13.8 Å². The molecule has 24 heavy (non-hydrogen) atoms. The molecule has 0 atom stereocenters. The van der Waals surface area contributed by atoms with E-state index in [1.54, 1.807) is 6.08 Å². The average Bonchev–Trinajstić information content (AvgIpc) is 2.39. The van der Waals surface area contributed by atoms with Crippen LogP contribution in [-0.4, -0.2) is 17.6 Å². The number of rotatable bonds is 9. The molecular weight excluding hydrogens is 304 g/mol. The molecule has 0 aromatic carbocycles. The summed E-state index contributed by atoms with van der Waals surface area (Å²) in [6.07, 6.45) is 10.6. The summed E-state index contributed by atoms with van der Waals surface area (Å²) in [6.45, 7) is 6.31. The van der Waals surface area contributed by atoms with Gasteiger partial charge in [-0.2, -0.15) is 0 Å². The highest BCUT2D eigenvalue weighted by Crippen LogP contribution is 2.32. The van der Waals surface area contributed by atoms with Gasteiger partial charge in [-0.3, -0.25) is 14.4 Å². The standard InChI is InChI=1S/C10H20N2O2.C9H14O/c11-9(13)7-5-3-1-2-4-6-8-10(12)14;1-7-4-8(10)6-9(2,3)5-7/h1-8H2,(H2,11,13)(H2,12,14);4H,5-6H2,1-3H3. The number of carbonyl (C=O) groups is 3. The summed E-state index contributed by atoms with van der Waals surface area (Å²) in [5, 5.41) is 0. The van der Waals surface area contributed by atoms with Gasteiger partial charge in [-0.1, -0.05) is 45.1 Å². The van der Waals surface area contributed by atoms with Crippen molar-refractivity contribution in [2.24, 2.45) is 16.9 Å². The Kier molecular flexibility index (Phi) is 11.0. The van der Waals surface area contributed by atoms with Gasteiger partial charge in [-0.25, -0.2) is 0 Å². The molecule has 0 bridgehead atoms. The van der Waals surface area contributed by atoms with E-state index in [1.165, 1.54) is 5.57 Å². The SMILES string of the molecule is CC1=CC(=O)CC(C)(C)C1.NC(=O)CCCCCCCCC(N)=O. The van der Waals surface area contributed by atoms with Crippen LogP contribution in [-0.2, 0) is 14.4 Å². The van der Waals surface area contributed by atoms with E-state index in [9.17, 15) is 14.4 Å². The van der Waals surface area contributed by atoms with Gasteiger partial charge < -0.3 is 11.5 Å². The molecule has 0 fully saturated rings. The Morgan fingerprint density at radius 2 is 1.33 bits per heavy atom. The molecule has 1 aliphatic rings. The lowest BCUT2D eigenvalue weighted by Gasteiger charge is -2.27. The average molecular weight is 338 g/mol. The molecule has 138 valence electrons. The first-order valence-electron chi connectivity index (χ1n) is 8.89. The first-order valence-corrected chi connectivity index (χ1v) is 8.89. The predicted octanol–water partition coefficient (Wildman–Crippen LogP) is 3.40. The number of hydrogen-bond donors (Lipinski definition) is 2. The maximum atomic E-state index is 11.0. The summed E-state index contributed by atoms with van der Waals surface area (Å²) in [6, 6.07) is 0. The van der Waals surface area contributed by atoms with Crippen molar-refractivity contribution in [1.82, 2.24) is 0 Å². The Morgan fingerprint density at radius 3 is 1.67 bits per heavy atom. The van der Waals surface area contributed by atoms with Crippen LogP contribution in [0.3, 0.4) is 0 Å². The number of primary amides is 2. The van der Waals surface area contributed by atoms with Gasteiger partial charge in [0, 0.05) is 19.3 Å². The van der Waals surface area contributed by atoms with Gasteiger partial charge >= 0.3 is 0 Å². The van der Waals surface area contributed by atoms with Crippen molar-refractivity contribution < 1.29 is 14.4 Å². The Labute approximate surface area is 146 Å².